The Morgan fingerprint density at radius 1 is 0.944 bits per heavy atom. The van der Waals surface area contributed by atoms with E-state index >= 15 is 0 Å². The summed E-state index contributed by atoms with van der Waals surface area (Å²) < 4.78 is 38.9. The van der Waals surface area contributed by atoms with Gasteiger partial charge in [-0.05, 0) is 17.3 Å². The maximum Gasteiger partial charge on any atom is 0.422 e. The van der Waals surface area contributed by atoms with E-state index in [4.69, 9.17) is 0 Å². The van der Waals surface area contributed by atoms with Gasteiger partial charge in [-0.25, -0.2) is 9.97 Å². The molecule has 9 heteroatoms. The molecular formula is C9H8F3N5O. The average molecular weight is 259 g/mol. The van der Waals surface area contributed by atoms with E-state index in [1.165, 1.54) is 18.5 Å². The van der Waals surface area contributed by atoms with E-state index in [2.05, 4.69) is 30.1 Å². The molecule has 0 aliphatic carbocycles. The van der Waals surface area contributed by atoms with Gasteiger partial charge >= 0.3 is 12.2 Å². The van der Waals surface area contributed by atoms with Gasteiger partial charge in [0.15, 0.2) is 6.61 Å². The summed E-state index contributed by atoms with van der Waals surface area (Å²) in [6.07, 6.45) is 1.41. The molecular weight excluding hydrogens is 251 g/mol. The predicted octanol–water partition coefficient (Wildman–Crippen LogP) is 1.29. The van der Waals surface area contributed by atoms with Gasteiger partial charge in [0, 0.05) is 12.4 Å². The van der Waals surface area contributed by atoms with E-state index in [1.807, 2.05) is 0 Å². The van der Waals surface area contributed by atoms with Crippen molar-refractivity contribution in [3.63, 3.8) is 0 Å². The molecule has 6 nitrogen and oxygen atoms in total. The van der Waals surface area contributed by atoms with Crippen molar-refractivity contribution in [1.82, 2.24) is 25.4 Å². The van der Waals surface area contributed by atoms with Crippen molar-refractivity contribution in [1.29, 1.82) is 0 Å². The Kier molecular flexibility index (Phi) is 5.42. The van der Waals surface area contributed by atoms with Crippen molar-refractivity contribution in [3.8, 4) is 6.01 Å². The summed E-state index contributed by atoms with van der Waals surface area (Å²) in [6, 6.07) is 2.93. The normalized spacial score (nSPS) is 10.2. The van der Waals surface area contributed by atoms with Gasteiger partial charge in [0.1, 0.15) is 0 Å². The first-order valence-electron chi connectivity index (χ1n) is 4.63. The lowest BCUT2D eigenvalue weighted by atomic mass is 10.7. The fourth-order valence-electron chi connectivity index (χ4n) is 0.711. The van der Waals surface area contributed by atoms with Crippen LogP contribution < -0.4 is 4.74 Å². The highest BCUT2D eigenvalue weighted by Crippen LogP contribution is 2.15. The minimum absolute atomic E-state index is 0.269. The smallest absolute Gasteiger partial charge is 0.422 e. The van der Waals surface area contributed by atoms with Crippen molar-refractivity contribution in [3.05, 3.63) is 36.9 Å². The highest BCUT2D eigenvalue weighted by Gasteiger charge is 2.28. The van der Waals surface area contributed by atoms with Crippen LogP contribution in [0.3, 0.4) is 0 Å². The molecule has 18 heavy (non-hydrogen) atoms. The van der Waals surface area contributed by atoms with Gasteiger partial charge < -0.3 is 4.74 Å². The molecule has 0 amide bonds. The maximum atomic E-state index is 11.6. The molecule has 0 saturated heterocycles. The molecule has 0 unspecified atom stereocenters. The summed E-state index contributed by atoms with van der Waals surface area (Å²) in [5, 5.41) is 10.1. The molecule has 0 aliphatic rings. The average Bonchev–Trinajstić information content (AvgIpc) is 2.40. The van der Waals surface area contributed by atoms with E-state index in [9.17, 15) is 13.2 Å². The summed E-state index contributed by atoms with van der Waals surface area (Å²) in [5.41, 5.74) is 0. The molecule has 0 fully saturated rings. The van der Waals surface area contributed by atoms with Gasteiger partial charge in [-0.3, -0.25) is 0 Å². The quantitative estimate of drug-likeness (QED) is 0.809. The number of ether oxygens (including phenoxy) is 1. The molecule has 0 aromatic carbocycles. The van der Waals surface area contributed by atoms with E-state index < -0.39 is 12.8 Å². The second-order valence-electron chi connectivity index (χ2n) is 2.75. The monoisotopic (exact) mass is 259 g/mol. The molecule has 2 heterocycles. The first-order valence-corrected chi connectivity index (χ1v) is 4.63. The molecule has 2 aromatic rings. The lowest BCUT2D eigenvalue weighted by Crippen LogP contribution is -2.20. The van der Waals surface area contributed by atoms with E-state index in [1.54, 1.807) is 18.5 Å². The third-order valence-electron chi connectivity index (χ3n) is 1.32. The van der Waals surface area contributed by atoms with Gasteiger partial charge in [-0.15, -0.1) is 10.2 Å². The minimum atomic E-state index is -4.35. The molecule has 2 rings (SSSR count). The molecule has 0 spiro atoms. The lowest BCUT2D eigenvalue weighted by Gasteiger charge is -2.05. The number of hydrogen-bond acceptors (Lipinski definition) is 6. The van der Waals surface area contributed by atoms with Crippen LogP contribution >= 0.6 is 0 Å². The summed E-state index contributed by atoms with van der Waals surface area (Å²) in [7, 11) is 0. The van der Waals surface area contributed by atoms with Crippen molar-refractivity contribution >= 4 is 0 Å². The van der Waals surface area contributed by atoms with Crippen LogP contribution in [0.15, 0.2) is 36.9 Å². The minimum Gasteiger partial charge on any atom is -0.454 e. The highest BCUT2D eigenvalue weighted by atomic mass is 19.4. The van der Waals surface area contributed by atoms with Crippen molar-refractivity contribution < 1.29 is 17.9 Å². The summed E-state index contributed by atoms with van der Waals surface area (Å²) in [4.78, 5) is 6.90. The largest absolute Gasteiger partial charge is 0.454 e. The van der Waals surface area contributed by atoms with Crippen LogP contribution in [0, 0.1) is 0 Å². The molecule has 0 saturated carbocycles. The zero-order valence-electron chi connectivity index (χ0n) is 8.95. The van der Waals surface area contributed by atoms with Crippen molar-refractivity contribution in [2.45, 2.75) is 6.18 Å². The zero-order chi connectivity index (χ0) is 13.3. The Hall–Kier alpha value is -2.32. The number of rotatable bonds is 2. The Bertz CT molecular complexity index is 399. The SMILES string of the molecule is FC(F)(F)COc1ncccn1.c1cnnnc1. The van der Waals surface area contributed by atoms with E-state index in [-0.39, 0.29) is 6.01 Å². The highest BCUT2D eigenvalue weighted by molar-refractivity contribution is 4.93. The van der Waals surface area contributed by atoms with Gasteiger partial charge in [0.05, 0.1) is 12.4 Å². The van der Waals surface area contributed by atoms with Crippen LogP contribution in [0.25, 0.3) is 0 Å². The molecule has 2 aromatic heterocycles. The predicted molar refractivity (Wildman–Crippen MR) is 53.4 cm³/mol. The van der Waals surface area contributed by atoms with Gasteiger partial charge in [0.2, 0.25) is 0 Å². The van der Waals surface area contributed by atoms with Crippen molar-refractivity contribution in [2.75, 3.05) is 6.61 Å². The van der Waals surface area contributed by atoms with Crippen LogP contribution in [-0.2, 0) is 0 Å². The van der Waals surface area contributed by atoms with Crippen LogP contribution in [0.2, 0.25) is 0 Å². The van der Waals surface area contributed by atoms with Gasteiger partial charge in [-0.2, -0.15) is 13.2 Å². The fraction of sp³-hybridized carbons (Fsp3) is 0.222. The number of halogens is 3. The zero-order valence-corrected chi connectivity index (χ0v) is 8.95. The van der Waals surface area contributed by atoms with E-state index in [0.717, 1.165) is 0 Å². The molecule has 0 N–H and O–H groups in total. The standard InChI is InChI=1S/C6H5F3N2O.C3H3N3/c7-6(8,9)4-12-5-10-2-1-3-11-5;1-2-4-6-5-3-1/h1-3H,4H2;1-3H. The number of alkyl halides is 3. The number of nitrogens with zero attached hydrogens (tertiary/aromatic N) is 5. The van der Waals surface area contributed by atoms with Gasteiger partial charge in [0.25, 0.3) is 0 Å². The Morgan fingerprint density at radius 2 is 1.50 bits per heavy atom. The third kappa shape index (κ3) is 7.04. The van der Waals surface area contributed by atoms with Crippen LogP contribution in [0.5, 0.6) is 6.01 Å². The molecule has 0 atom stereocenters. The topological polar surface area (TPSA) is 73.7 Å². The summed E-state index contributed by atoms with van der Waals surface area (Å²) in [5.74, 6) is 0. The Labute approximate surface area is 99.9 Å². The fourth-order valence-corrected chi connectivity index (χ4v) is 0.711. The molecule has 0 bridgehead atoms. The molecule has 96 valence electrons. The molecule has 0 aliphatic heterocycles. The Balaban J connectivity index is 0.000000225. The lowest BCUT2D eigenvalue weighted by molar-refractivity contribution is -0.154. The van der Waals surface area contributed by atoms with Crippen LogP contribution in [0.1, 0.15) is 0 Å². The van der Waals surface area contributed by atoms with Gasteiger partial charge in [-0.1, -0.05) is 0 Å². The van der Waals surface area contributed by atoms with E-state index in [0.29, 0.717) is 0 Å². The first kappa shape index (κ1) is 13.7. The molecule has 0 radical (unpaired) electrons. The second-order valence-corrected chi connectivity index (χ2v) is 2.75. The second kappa shape index (κ2) is 7.09. The van der Waals surface area contributed by atoms with Crippen molar-refractivity contribution in [2.24, 2.45) is 0 Å². The maximum absolute atomic E-state index is 11.6. The Morgan fingerprint density at radius 3 is 1.89 bits per heavy atom. The third-order valence-corrected chi connectivity index (χ3v) is 1.32. The summed E-state index contributed by atoms with van der Waals surface area (Å²) >= 11 is 0. The van der Waals surface area contributed by atoms with Crippen LogP contribution in [0.4, 0.5) is 13.2 Å². The first-order chi connectivity index (χ1) is 8.58. The number of aromatic nitrogens is 5. The number of hydrogen-bond donors (Lipinski definition) is 0. The van der Waals surface area contributed by atoms with Crippen LogP contribution in [-0.4, -0.2) is 38.2 Å². The summed E-state index contributed by atoms with van der Waals surface area (Å²) in [6.45, 7) is -1.36.